The summed E-state index contributed by atoms with van der Waals surface area (Å²) < 4.78 is 10.6. The van der Waals surface area contributed by atoms with Crippen molar-refractivity contribution in [2.75, 3.05) is 20.8 Å². The molecule has 4 rings (SSSR count). The van der Waals surface area contributed by atoms with Gasteiger partial charge in [-0.05, 0) is 67.1 Å². The maximum absolute atomic E-state index is 12.4. The van der Waals surface area contributed by atoms with Crippen molar-refractivity contribution in [2.24, 2.45) is 29.6 Å². The number of hydrogen-bond acceptors (Lipinski definition) is 3. The number of ether oxygens (including phenoxy) is 2. The van der Waals surface area contributed by atoms with Crippen molar-refractivity contribution < 1.29 is 14.3 Å². The number of hydrogen-bond donors (Lipinski definition) is 1. The summed E-state index contributed by atoms with van der Waals surface area (Å²) in [5.41, 5.74) is 1.15. The number of carbonyl (C=O) groups is 1. The Morgan fingerprint density at radius 2 is 1.83 bits per heavy atom. The third kappa shape index (κ3) is 2.48. The van der Waals surface area contributed by atoms with Crippen molar-refractivity contribution in [2.45, 2.75) is 25.7 Å². The second kappa shape index (κ2) is 5.73. The fourth-order valence-corrected chi connectivity index (χ4v) is 5.16. The van der Waals surface area contributed by atoms with Crippen molar-refractivity contribution in [3.8, 4) is 11.5 Å². The molecule has 0 aromatic heterocycles. The monoisotopic (exact) mass is 315 g/mol. The van der Waals surface area contributed by atoms with Crippen LogP contribution in [-0.2, 0) is 11.2 Å². The lowest BCUT2D eigenvalue weighted by atomic mass is 10.0. The number of amides is 1. The maximum Gasteiger partial charge on any atom is 0.223 e. The van der Waals surface area contributed by atoms with E-state index in [4.69, 9.17) is 9.47 Å². The topological polar surface area (TPSA) is 47.6 Å². The first-order valence-electron chi connectivity index (χ1n) is 8.71. The molecule has 1 N–H and O–H groups in total. The van der Waals surface area contributed by atoms with Crippen LogP contribution in [0.15, 0.2) is 18.2 Å². The van der Waals surface area contributed by atoms with E-state index in [2.05, 4.69) is 5.32 Å². The molecular weight excluding hydrogens is 290 g/mol. The smallest absolute Gasteiger partial charge is 0.223 e. The lowest BCUT2D eigenvalue weighted by molar-refractivity contribution is -0.123. The highest BCUT2D eigenvalue weighted by Crippen LogP contribution is 2.69. The molecule has 124 valence electrons. The van der Waals surface area contributed by atoms with Crippen LogP contribution in [0.1, 0.15) is 24.8 Å². The van der Waals surface area contributed by atoms with Crippen LogP contribution in [0.3, 0.4) is 0 Å². The molecule has 3 aliphatic rings. The van der Waals surface area contributed by atoms with Crippen LogP contribution in [0, 0.1) is 29.6 Å². The van der Waals surface area contributed by atoms with Crippen LogP contribution >= 0.6 is 0 Å². The van der Waals surface area contributed by atoms with E-state index in [1.54, 1.807) is 14.2 Å². The number of nitrogens with one attached hydrogen (secondary N) is 1. The van der Waals surface area contributed by atoms with Gasteiger partial charge in [-0.15, -0.1) is 0 Å². The average Bonchev–Trinajstić information content (AvgIpc) is 3.02. The Bertz CT molecular complexity index is 599. The van der Waals surface area contributed by atoms with Crippen LogP contribution in [0.2, 0.25) is 0 Å². The summed E-state index contributed by atoms with van der Waals surface area (Å²) >= 11 is 0. The highest BCUT2D eigenvalue weighted by atomic mass is 16.5. The molecule has 3 fully saturated rings. The van der Waals surface area contributed by atoms with Gasteiger partial charge in [-0.1, -0.05) is 6.07 Å². The molecule has 4 nitrogen and oxygen atoms in total. The molecule has 3 saturated carbocycles. The molecule has 5 atom stereocenters. The number of fused-ring (bicyclic) bond motifs is 5. The molecule has 1 aromatic rings. The summed E-state index contributed by atoms with van der Waals surface area (Å²) in [6.07, 6.45) is 4.94. The fraction of sp³-hybridized carbons (Fsp3) is 0.632. The Morgan fingerprint density at radius 1 is 1.13 bits per heavy atom. The normalized spacial score (nSPS) is 33.2. The summed E-state index contributed by atoms with van der Waals surface area (Å²) in [6.45, 7) is 0.694. The van der Waals surface area contributed by atoms with Gasteiger partial charge in [0.2, 0.25) is 5.91 Å². The SMILES string of the molecule is COc1ccc(CCNC(=O)C2[C@@H]3[C@H]4CC[C@@H](C4)[C@H]23)cc1OC. The van der Waals surface area contributed by atoms with E-state index < -0.39 is 0 Å². The summed E-state index contributed by atoms with van der Waals surface area (Å²) in [6, 6.07) is 5.93. The zero-order chi connectivity index (χ0) is 16.0. The van der Waals surface area contributed by atoms with Crippen LogP contribution in [-0.4, -0.2) is 26.7 Å². The Morgan fingerprint density at radius 3 is 2.48 bits per heavy atom. The lowest BCUT2D eigenvalue weighted by Crippen LogP contribution is -2.29. The number of carbonyl (C=O) groups excluding carboxylic acids is 1. The molecular formula is C19H25NO3. The zero-order valence-corrected chi connectivity index (χ0v) is 13.9. The van der Waals surface area contributed by atoms with Crippen LogP contribution in [0.5, 0.6) is 11.5 Å². The largest absolute Gasteiger partial charge is 0.493 e. The van der Waals surface area contributed by atoms with Gasteiger partial charge in [0.25, 0.3) is 0 Å². The maximum atomic E-state index is 12.4. The second-order valence-electron chi connectivity index (χ2n) is 7.24. The molecule has 23 heavy (non-hydrogen) atoms. The second-order valence-corrected chi connectivity index (χ2v) is 7.24. The molecule has 0 saturated heterocycles. The molecule has 3 aliphatic carbocycles. The number of benzene rings is 1. The van der Waals surface area contributed by atoms with E-state index in [0.717, 1.165) is 47.2 Å². The Kier molecular flexibility index (Phi) is 3.70. The molecule has 0 heterocycles. The average molecular weight is 315 g/mol. The van der Waals surface area contributed by atoms with Crippen molar-refractivity contribution in [1.82, 2.24) is 5.32 Å². The van der Waals surface area contributed by atoms with Gasteiger partial charge >= 0.3 is 0 Å². The van der Waals surface area contributed by atoms with Gasteiger partial charge in [-0.25, -0.2) is 0 Å². The molecule has 1 unspecified atom stereocenters. The summed E-state index contributed by atoms with van der Waals surface area (Å²) in [5, 5.41) is 3.15. The third-order valence-electron chi connectivity index (χ3n) is 6.20. The lowest BCUT2D eigenvalue weighted by Gasteiger charge is -2.11. The molecule has 1 aromatic carbocycles. The summed E-state index contributed by atoms with van der Waals surface area (Å²) in [4.78, 5) is 12.4. The predicted octanol–water partition coefficient (Wildman–Crippen LogP) is 2.65. The van der Waals surface area contributed by atoms with E-state index in [-0.39, 0.29) is 5.91 Å². The van der Waals surface area contributed by atoms with Crippen molar-refractivity contribution in [1.29, 1.82) is 0 Å². The number of methoxy groups -OCH3 is 2. The van der Waals surface area contributed by atoms with Crippen LogP contribution in [0.4, 0.5) is 0 Å². The number of rotatable bonds is 6. The molecule has 0 aliphatic heterocycles. The predicted molar refractivity (Wildman–Crippen MR) is 87.6 cm³/mol. The van der Waals surface area contributed by atoms with Crippen LogP contribution in [0.25, 0.3) is 0 Å². The first-order chi connectivity index (χ1) is 11.2. The first kappa shape index (κ1) is 14.9. The highest BCUT2D eigenvalue weighted by molar-refractivity contribution is 5.82. The van der Waals surface area contributed by atoms with Crippen LogP contribution < -0.4 is 14.8 Å². The van der Waals surface area contributed by atoms with Gasteiger partial charge in [0.1, 0.15) is 0 Å². The van der Waals surface area contributed by atoms with Crippen molar-refractivity contribution in [3.05, 3.63) is 23.8 Å². The van der Waals surface area contributed by atoms with Gasteiger partial charge < -0.3 is 14.8 Å². The van der Waals surface area contributed by atoms with Gasteiger partial charge in [-0.3, -0.25) is 4.79 Å². The minimum absolute atomic E-state index is 0.289. The van der Waals surface area contributed by atoms with Gasteiger partial charge in [-0.2, -0.15) is 0 Å². The molecule has 2 bridgehead atoms. The molecule has 0 spiro atoms. The van der Waals surface area contributed by atoms with Gasteiger partial charge in [0.05, 0.1) is 14.2 Å². The fourth-order valence-electron chi connectivity index (χ4n) is 5.16. The summed E-state index contributed by atoms with van der Waals surface area (Å²) in [5.74, 6) is 5.23. The van der Waals surface area contributed by atoms with Crippen molar-refractivity contribution in [3.63, 3.8) is 0 Å². The van der Waals surface area contributed by atoms with Gasteiger partial charge in [0, 0.05) is 12.5 Å². The first-order valence-corrected chi connectivity index (χ1v) is 8.71. The Labute approximate surface area is 137 Å². The minimum Gasteiger partial charge on any atom is -0.493 e. The Hall–Kier alpha value is -1.71. The highest BCUT2D eigenvalue weighted by Gasteiger charge is 2.67. The quantitative estimate of drug-likeness (QED) is 0.878. The zero-order valence-electron chi connectivity index (χ0n) is 13.9. The molecule has 1 amide bonds. The van der Waals surface area contributed by atoms with E-state index in [9.17, 15) is 4.79 Å². The van der Waals surface area contributed by atoms with Gasteiger partial charge in [0.15, 0.2) is 11.5 Å². The summed E-state index contributed by atoms with van der Waals surface area (Å²) in [7, 11) is 3.28. The van der Waals surface area contributed by atoms with E-state index in [1.807, 2.05) is 18.2 Å². The van der Waals surface area contributed by atoms with Crippen molar-refractivity contribution >= 4 is 5.91 Å². The minimum atomic E-state index is 0.289. The van der Waals surface area contributed by atoms with E-state index in [0.29, 0.717) is 12.5 Å². The molecule has 4 heteroatoms. The van der Waals surface area contributed by atoms with E-state index in [1.165, 1.54) is 19.3 Å². The Balaban J connectivity index is 1.28. The molecule has 0 radical (unpaired) electrons. The van der Waals surface area contributed by atoms with E-state index >= 15 is 0 Å². The standard InChI is InChI=1S/C19H25NO3/c1-22-14-6-3-11(9-15(14)23-2)7-8-20-19(21)18-16-12-4-5-13(10-12)17(16)18/h3,6,9,12-13,16-18H,4-5,7-8,10H2,1-2H3,(H,20,21)/t12-,13-,16-,17+,18?/m0/s1. The third-order valence-corrected chi connectivity index (χ3v) is 6.20.